The molecule has 1 aromatic heterocycles. The van der Waals surface area contributed by atoms with Crippen LogP contribution in [0.5, 0.6) is 5.75 Å². The van der Waals surface area contributed by atoms with Gasteiger partial charge in [0.25, 0.3) is 0 Å². The van der Waals surface area contributed by atoms with Gasteiger partial charge in [0, 0.05) is 17.0 Å². The maximum Gasteiger partial charge on any atom is 0.165 e. The van der Waals surface area contributed by atoms with Gasteiger partial charge in [-0.15, -0.1) is 11.3 Å². The van der Waals surface area contributed by atoms with E-state index in [9.17, 15) is 9.50 Å². The molecule has 1 aliphatic carbocycles. The molecule has 0 spiro atoms. The van der Waals surface area contributed by atoms with Crippen LogP contribution < -0.4 is 4.74 Å². The highest BCUT2D eigenvalue weighted by Gasteiger charge is 2.31. The van der Waals surface area contributed by atoms with E-state index < -0.39 is 12.0 Å². The molecular weight excluding hydrogens is 315 g/mol. The first kappa shape index (κ1) is 14.7. The number of hydrogen-bond donors (Lipinski definition) is 1. The number of hydrogen-bond acceptors (Lipinski definition) is 5. The molecule has 4 rings (SSSR count). The van der Waals surface area contributed by atoms with Crippen LogP contribution >= 0.6 is 11.3 Å². The second-order valence-corrected chi connectivity index (χ2v) is 6.92. The molecule has 0 radical (unpaired) electrons. The van der Waals surface area contributed by atoms with Gasteiger partial charge in [0.05, 0.1) is 13.4 Å². The Labute approximate surface area is 137 Å². The summed E-state index contributed by atoms with van der Waals surface area (Å²) in [5.41, 5.74) is 2.98. The number of nitrogens with zero attached hydrogens (tertiary/aromatic N) is 2. The Morgan fingerprint density at radius 2 is 2.30 bits per heavy atom. The maximum absolute atomic E-state index is 13.8. The molecule has 1 atom stereocenters. The van der Waals surface area contributed by atoms with Crippen molar-refractivity contribution in [2.75, 3.05) is 7.11 Å². The van der Waals surface area contributed by atoms with Crippen molar-refractivity contribution in [2.24, 2.45) is 4.99 Å². The number of thiophene rings is 1. The highest BCUT2D eigenvalue weighted by molar-refractivity contribution is 7.16. The lowest BCUT2D eigenvalue weighted by Crippen LogP contribution is -2.29. The largest absolute Gasteiger partial charge is 0.494 e. The normalized spacial score (nSPS) is 18.9. The van der Waals surface area contributed by atoms with Crippen LogP contribution in [0.4, 0.5) is 9.39 Å². The van der Waals surface area contributed by atoms with Gasteiger partial charge < -0.3 is 14.7 Å². The van der Waals surface area contributed by atoms with Crippen molar-refractivity contribution >= 4 is 22.7 Å². The Bertz CT molecular complexity index is 787. The van der Waals surface area contributed by atoms with Gasteiger partial charge in [-0.3, -0.25) is 0 Å². The van der Waals surface area contributed by atoms with Crippen LogP contribution in [0.3, 0.4) is 0 Å². The number of aliphatic imine (C=N–C) groups is 1. The van der Waals surface area contributed by atoms with Gasteiger partial charge in [-0.05, 0) is 42.5 Å². The number of rotatable bonds is 3. The smallest absolute Gasteiger partial charge is 0.165 e. The molecule has 6 heteroatoms. The van der Waals surface area contributed by atoms with E-state index in [-0.39, 0.29) is 5.75 Å². The minimum atomic E-state index is -0.717. The second-order valence-electron chi connectivity index (χ2n) is 5.84. The molecule has 4 nitrogen and oxygen atoms in total. The van der Waals surface area contributed by atoms with Crippen molar-refractivity contribution in [3.05, 3.63) is 45.6 Å². The Morgan fingerprint density at radius 3 is 3.09 bits per heavy atom. The zero-order valence-electron chi connectivity index (χ0n) is 12.8. The zero-order valence-corrected chi connectivity index (χ0v) is 13.6. The fourth-order valence-corrected chi connectivity index (χ4v) is 4.53. The molecule has 0 saturated heterocycles. The van der Waals surface area contributed by atoms with E-state index in [1.165, 1.54) is 23.6 Å². The molecule has 0 fully saturated rings. The summed E-state index contributed by atoms with van der Waals surface area (Å²) in [5, 5.41) is 11.6. The molecule has 2 aliphatic rings. The van der Waals surface area contributed by atoms with E-state index in [1.807, 2.05) is 0 Å². The minimum absolute atomic E-state index is 0.222. The van der Waals surface area contributed by atoms with Crippen LogP contribution in [-0.4, -0.2) is 23.5 Å². The highest BCUT2D eigenvalue weighted by atomic mass is 32.1. The third kappa shape index (κ3) is 2.42. The Hall–Kier alpha value is -1.92. The topological polar surface area (TPSA) is 45.1 Å². The third-order valence-electron chi connectivity index (χ3n) is 4.42. The monoisotopic (exact) mass is 332 g/mol. The first-order valence-corrected chi connectivity index (χ1v) is 8.44. The van der Waals surface area contributed by atoms with E-state index in [2.05, 4.69) is 4.99 Å². The fourth-order valence-electron chi connectivity index (χ4n) is 3.28. The van der Waals surface area contributed by atoms with E-state index in [0.717, 1.165) is 35.4 Å². The molecule has 120 valence electrons. The van der Waals surface area contributed by atoms with Gasteiger partial charge in [0.2, 0.25) is 0 Å². The lowest BCUT2D eigenvalue weighted by atomic mass is 10.1. The number of benzene rings is 1. The average Bonchev–Trinajstić information content (AvgIpc) is 3.11. The summed E-state index contributed by atoms with van der Waals surface area (Å²) >= 11 is 1.68. The number of aliphatic hydroxyl groups is 1. The first-order chi connectivity index (χ1) is 11.2. The van der Waals surface area contributed by atoms with Crippen LogP contribution in [0.15, 0.2) is 23.2 Å². The highest BCUT2D eigenvalue weighted by Crippen LogP contribution is 2.46. The number of ether oxygens (including phenoxy) is 1. The number of fused-ring (bicyclic) bond motifs is 3. The summed E-state index contributed by atoms with van der Waals surface area (Å²) < 4.78 is 18.8. The number of methoxy groups -OCH3 is 1. The lowest BCUT2D eigenvalue weighted by molar-refractivity contribution is 0.0493. The van der Waals surface area contributed by atoms with Crippen molar-refractivity contribution in [1.82, 2.24) is 4.90 Å². The Kier molecular flexibility index (Phi) is 3.58. The molecule has 23 heavy (non-hydrogen) atoms. The summed E-state index contributed by atoms with van der Waals surface area (Å²) in [4.78, 5) is 7.58. The van der Waals surface area contributed by atoms with Gasteiger partial charge in [-0.2, -0.15) is 0 Å². The molecule has 1 unspecified atom stereocenters. The Morgan fingerprint density at radius 1 is 1.43 bits per heavy atom. The van der Waals surface area contributed by atoms with Gasteiger partial charge in [-0.25, -0.2) is 9.38 Å². The van der Waals surface area contributed by atoms with Gasteiger partial charge in [0.15, 0.2) is 17.8 Å². The average molecular weight is 332 g/mol. The quantitative estimate of drug-likeness (QED) is 0.935. The molecule has 2 heterocycles. The molecule has 0 saturated carbocycles. The van der Waals surface area contributed by atoms with Crippen LogP contribution in [-0.2, 0) is 19.4 Å². The first-order valence-electron chi connectivity index (χ1n) is 7.62. The third-order valence-corrected chi connectivity index (χ3v) is 5.64. The maximum atomic E-state index is 13.8. The molecule has 1 N–H and O–H groups in total. The summed E-state index contributed by atoms with van der Waals surface area (Å²) in [6.07, 6.45) is 4.18. The van der Waals surface area contributed by atoms with E-state index in [0.29, 0.717) is 6.54 Å². The van der Waals surface area contributed by atoms with E-state index >= 15 is 0 Å². The lowest BCUT2D eigenvalue weighted by Gasteiger charge is -2.29. The van der Waals surface area contributed by atoms with Crippen molar-refractivity contribution < 1.29 is 14.2 Å². The van der Waals surface area contributed by atoms with Crippen LogP contribution in [0, 0.1) is 5.82 Å². The molecular formula is C17H17FN2O2S. The summed E-state index contributed by atoms with van der Waals surface area (Å²) in [6, 6.07) is 4.84. The van der Waals surface area contributed by atoms with Crippen LogP contribution in [0.2, 0.25) is 0 Å². The van der Waals surface area contributed by atoms with E-state index in [4.69, 9.17) is 4.74 Å². The number of halogens is 1. The molecule has 1 aromatic carbocycles. The van der Waals surface area contributed by atoms with Crippen molar-refractivity contribution in [3.63, 3.8) is 0 Å². The van der Waals surface area contributed by atoms with Crippen LogP contribution in [0.1, 0.15) is 34.2 Å². The predicted molar refractivity (Wildman–Crippen MR) is 88.0 cm³/mol. The van der Waals surface area contributed by atoms with Gasteiger partial charge in [0.1, 0.15) is 5.00 Å². The minimum Gasteiger partial charge on any atom is -0.494 e. The standard InChI is InChI=1S/C17H17FN2O2S/c1-22-13-6-5-10(7-12(13)18)8-20-9-19-16-15(17(20)21)11-3-2-4-14(11)23-16/h5-7,9,17,21H,2-4,8H2,1H3. The SMILES string of the molecule is COc1ccc(CN2C=Nc3sc4c(c3C2O)CCC4)cc1F. The number of aliphatic hydroxyl groups excluding tert-OH is 1. The molecule has 0 amide bonds. The second kappa shape index (κ2) is 5.62. The van der Waals surface area contributed by atoms with Crippen molar-refractivity contribution in [3.8, 4) is 5.75 Å². The number of aryl methyl sites for hydroxylation is 1. The summed E-state index contributed by atoms with van der Waals surface area (Å²) in [6.45, 7) is 0.398. The van der Waals surface area contributed by atoms with Crippen molar-refractivity contribution in [2.45, 2.75) is 32.0 Å². The van der Waals surface area contributed by atoms with Gasteiger partial charge >= 0.3 is 0 Å². The summed E-state index contributed by atoms with van der Waals surface area (Å²) in [5.74, 6) is -0.176. The molecule has 1 aliphatic heterocycles. The molecule has 0 bridgehead atoms. The van der Waals surface area contributed by atoms with E-state index in [1.54, 1.807) is 34.7 Å². The van der Waals surface area contributed by atoms with Crippen LogP contribution in [0.25, 0.3) is 0 Å². The van der Waals surface area contributed by atoms with Gasteiger partial charge in [-0.1, -0.05) is 6.07 Å². The Balaban J connectivity index is 1.60. The predicted octanol–water partition coefficient (Wildman–Crippen LogP) is 3.55. The van der Waals surface area contributed by atoms with Crippen molar-refractivity contribution in [1.29, 1.82) is 0 Å². The molecule has 2 aromatic rings. The fraction of sp³-hybridized carbons (Fsp3) is 0.353. The summed E-state index contributed by atoms with van der Waals surface area (Å²) in [7, 11) is 1.44. The zero-order chi connectivity index (χ0) is 16.0.